The van der Waals surface area contributed by atoms with Crippen LogP contribution in [0.25, 0.3) is 0 Å². The normalized spacial score (nSPS) is 41.8. The van der Waals surface area contributed by atoms with Gasteiger partial charge in [-0.3, -0.25) is 0 Å². The van der Waals surface area contributed by atoms with E-state index >= 15 is 0 Å². The van der Waals surface area contributed by atoms with Gasteiger partial charge in [0.15, 0.2) is 0 Å². The molecule has 2 heterocycles. The van der Waals surface area contributed by atoms with Crippen molar-refractivity contribution < 1.29 is 5.11 Å². The molecule has 0 radical (unpaired) electrons. The van der Waals surface area contributed by atoms with Crippen molar-refractivity contribution in [3.8, 4) is 0 Å². The molecular formula is C11H19NO. The Hall–Kier alpha value is -0.340. The number of fused-ring (bicyclic) bond motifs is 2. The highest BCUT2D eigenvalue weighted by Crippen LogP contribution is 2.38. The summed E-state index contributed by atoms with van der Waals surface area (Å²) in [7, 11) is 2.22. The highest BCUT2D eigenvalue weighted by Gasteiger charge is 2.39. The van der Waals surface area contributed by atoms with E-state index in [0.717, 1.165) is 24.9 Å². The minimum Gasteiger partial charge on any atom is -0.389 e. The summed E-state index contributed by atoms with van der Waals surface area (Å²) in [5.74, 6) is 0.464. The van der Waals surface area contributed by atoms with Crippen LogP contribution in [0.2, 0.25) is 0 Å². The number of aliphatic hydroxyl groups is 1. The third-order valence-electron chi connectivity index (χ3n) is 3.86. The quantitative estimate of drug-likeness (QED) is 0.651. The zero-order valence-electron chi connectivity index (χ0n) is 8.32. The molecule has 0 spiro atoms. The maximum absolute atomic E-state index is 9.70. The van der Waals surface area contributed by atoms with Crippen LogP contribution in [-0.4, -0.2) is 35.2 Å². The molecule has 2 heteroatoms. The lowest BCUT2D eigenvalue weighted by atomic mass is 9.87. The maximum Gasteiger partial charge on any atom is 0.0747 e. The van der Waals surface area contributed by atoms with Crippen LogP contribution in [0.15, 0.2) is 12.7 Å². The first-order valence-electron chi connectivity index (χ1n) is 5.25. The van der Waals surface area contributed by atoms with E-state index < -0.39 is 0 Å². The average molecular weight is 181 g/mol. The zero-order valence-corrected chi connectivity index (χ0v) is 8.32. The highest BCUT2D eigenvalue weighted by molar-refractivity contribution is 4.98. The molecular weight excluding hydrogens is 162 g/mol. The van der Waals surface area contributed by atoms with Gasteiger partial charge in [-0.15, -0.1) is 6.58 Å². The second-order valence-corrected chi connectivity index (χ2v) is 4.51. The molecule has 2 nitrogen and oxygen atoms in total. The van der Waals surface area contributed by atoms with Gasteiger partial charge >= 0.3 is 0 Å². The standard InChI is InChI=1S/C11H19NO/c1-3-11(13)8-6-9-4-5-10(7-8)12(9)2/h3,8-11,13H,1,4-7H2,2H3. The first-order chi connectivity index (χ1) is 6.22. The first kappa shape index (κ1) is 9.22. The van der Waals surface area contributed by atoms with Crippen LogP contribution in [0.4, 0.5) is 0 Å². The summed E-state index contributed by atoms with van der Waals surface area (Å²) in [6.45, 7) is 3.66. The predicted molar refractivity (Wildman–Crippen MR) is 53.5 cm³/mol. The van der Waals surface area contributed by atoms with Crippen molar-refractivity contribution in [2.75, 3.05) is 7.05 Å². The molecule has 2 aliphatic rings. The van der Waals surface area contributed by atoms with Crippen molar-refractivity contribution in [3.05, 3.63) is 12.7 Å². The second-order valence-electron chi connectivity index (χ2n) is 4.51. The lowest BCUT2D eigenvalue weighted by Crippen LogP contribution is -2.42. The fourth-order valence-electron chi connectivity index (χ4n) is 2.92. The number of hydrogen-bond acceptors (Lipinski definition) is 2. The minimum absolute atomic E-state index is 0.281. The fourth-order valence-corrected chi connectivity index (χ4v) is 2.92. The van der Waals surface area contributed by atoms with Crippen molar-refractivity contribution in [1.29, 1.82) is 0 Å². The summed E-state index contributed by atoms with van der Waals surface area (Å²) in [5, 5.41) is 9.70. The first-order valence-corrected chi connectivity index (χ1v) is 5.25. The number of aliphatic hydroxyl groups excluding tert-OH is 1. The van der Waals surface area contributed by atoms with Crippen LogP contribution < -0.4 is 0 Å². The van der Waals surface area contributed by atoms with Crippen LogP contribution in [0.1, 0.15) is 25.7 Å². The zero-order chi connectivity index (χ0) is 9.42. The Morgan fingerprint density at radius 2 is 1.92 bits per heavy atom. The smallest absolute Gasteiger partial charge is 0.0747 e. The molecule has 2 bridgehead atoms. The van der Waals surface area contributed by atoms with Gasteiger partial charge in [0, 0.05) is 12.1 Å². The van der Waals surface area contributed by atoms with E-state index in [-0.39, 0.29) is 6.10 Å². The maximum atomic E-state index is 9.70. The Labute approximate surface area is 80.2 Å². The summed E-state index contributed by atoms with van der Waals surface area (Å²) >= 11 is 0. The van der Waals surface area contributed by atoms with Crippen molar-refractivity contribution in [2.45, 2.75) is 43.9 Å². The van der Waals surface area contributed by atoms with E-state index in [0.29, 0.717) is 5.92 Å². The Balaban J connectivity index is 2.02. The number of hydrogen-bond donors (Lipinski definition) is 1. The topological polar surface area (TPSA) is 23.5 Å². The van der Waals surface area contributed by atoms with Crippen LogP contribution in [0.3, 0.4) is 0 Å². The second kappa shape index (κ2) is 3.43. The summed E-state index contributed by atoms with van der Waals surface area (Å²) < 4.78 is 0. The third kappa shape index (κ3) is 1.53. The monoisotopic (exact) mass is 181 g/mol. The SMILES string of the molecule is C=CC(O)C1CC2CCC(C1)N2C. The van der Waals surface area contributed by atoms with Gasteiger partial charge in [0.25, 0.3) is 0 Å². The fraction of sp³-hybridized carbons (Fsp3) is 0.818. The van der Waals surface area contributed by atoms with E-state index in [1.807, 2.05) is 0 Å². The molecule has 2 aliphatic heterocycles. The third-order valence-corrected chi connectivity index (χ3v) is 3.86. The van der Waals surface area contributed by atoms with Crippen LogP contribution >= 0.6 is 0 Å². The van der Waals surface area contributed by atoms with E-state index in [4.69, 9.17) is 0 Å². The van der Waals surface area contributed by atoms with E-state index in [9.17, 15) is 5.11 Å². The molecule has 0 aliphatic carbocycles. The minimum atomic E-state index is -0.281. The molecule has 74 valence electrons. The number of piperidine rings is 1. The van der Waals surface area contributed by atoms with E-state index in [1.165, 1.54) is 12.8 Å². The average Bonchev–Trinajstić information content (AvgIpc) is 2.42. The van der Waals surface area contributed by atoms with Gasteiger partial charge in [-0.2, -0.15) is 0 Å². The van der Waals surface area contributed by atoms with Crippen molar-refractivity contribution in [2.24, 2.45) is 5.92 Å². The summed E-state index contributed by atoms with van der Waals surface area (Å²) in [5.41, 5.74) is 0. The summed E-state index contributed by atoms with van der Waals surface area (Å²) in [6, 6.07) is 1.44. The van der Waals surface area contributed by atoms with Gasteiger partial charge in [-0.25, -0.2) is 0 Å². The largest absolute Gasteiger partial charge is 0.389 e. The van der Waals surface area contributed by atoms with Crippen molar-refractivity contribution in [1.82, 2.24) is 4.90 Å². The molecule has 2 fully saturated rings. The number of nitrogens with zero attached hydrogens (tertiary/aromatic N) is 1. The molecule has 3 unspecified atom stereocenters. The molecule has 0 saturated carbocycles. The van der Waals surface area contributed by atoms with Crippen molar-refractivity contribution in [3.63, 3.8) is 0 Å². The highest BCUT2D eigenvalue weighted by atomic mass is 16.3. The van der Waals surface area contributed by atoms with Gasteiger partial charge in [0.05, 0.1) is 6.10 Å². The van der Waals surface area contributed by atoms with Crippen LogP contribution in [-0.2, 0) is 0 Å². The van der Waals surface area contributed by atoms with Gasteiger partial charge < -0.3 is 10.0 Å². The predicted octanol–water partition coefficient (Wildman–Crippen LogP) is 1.41. The van der Waals surface area contributed by atoms with Gasteiger partial charge in [0.1, 0.15) is 0 Å². The molecule has 0 amide bonds. The van der Waals surface area contributed by atoms with E-state index in [2.05, 4.69) is 18.5 Å². The summed E-state index contributed by atoms with van der Waals surface area (Å²) in [4.78, 5) is 2.49. The van der Waals surface area contributed by atoms with Gasteiger partial charge in [0.2, 0.25) is 0 Å². The van der Waals surface area contributed by atoms with Crippen LogP contribution in [0, 0.1) is 5.92 Å². The van der Waals surface area contributed by atoms with Crippen LogP contribution in [0.5, 0.6) is 0 Å². The number of rotatable bonds is 2. The lowest BCUT2D eigenvalue weighted by molar-refractivity contribution is 0.0613. The van der Waals surface area contributed by atoms with Crippen molar-refractivity contribution >= 4 is 0 Å². The molecule has 1 N–H and O–H groups in total. The molecule has 13 heavy (non-hydrogen) atoms. The Morgan fingerprint density at radius 1 is 1.38 bits per heavy atom. The molecule has 0 aromatic heterocycles. The summed E-state index contributed by atoms with van der Waals surface area (Å²) in [6.07, 6.45) is 6.36. The lowest BCUT2D eigenvalue weighted by Gasteiger charge is -2.37. The Kier molecular flexibility index (Phi) is 2.43. The van der Waals surface area contributed by atoms with E-state index in [1.54, 1.807) is 6.08 Å². The molecule has 2 saturated heterocycles. The molecule has 3 atom stereocenters. The molecule has 2 rings (SSSR count). The van der Waals surface area contributed by atoms with Gasteiger partial charge in [-0.1, -0.05) is 6.08 Å². The Morgan fingerprint density at radius 3 is 2.38 bits per heavy atom. The molecule has 0 aromatic rings. The molecule has 0 aromatic carbocycles. The van der Waals surface area contributed by atoms with Gasteiger partial charge in [-0.05, 0) is 38.6 Å². The Bertz CT molecular complexity index is 190.